The summed E-state index contributed by atoms with van der Waals surface area (Å²) < 4.78 is 41.9. The van der Waals surface area contributed by atoms with E-state index in [9.17, 15) is 23.1 Å². The number of rotatable bonds is 8. The first kappa shape index (κ1) is 29.5. The lowest BCUT2D eigenvalue weighted by Crippen LogP contribution is -2.43. The molecule has 3 atom stereocenters. The number of likely N-dealkylation sites (tertiary alicyclic amines) is 2. The van der Waals surface area contributed by atoms with E-state index in [4.69, 9.17) is 11.6 Å². The number of alkyl halides is 3. The number of aromatic nitrogens is 2. The zero-order chi connectivity index (χ0) is 29.6. The Morgan fingerprint density at radius 1 is 1.14 bits per heavy atom. The van der Waals surface area contributed by atoms with Gasteiger partial charge < -0.3 is 14.4 Å². The maximum Gasteiger partial charge on any atom is 0.417 e. The molecule has 0 unspecified atom stereocenters. The van der Waals surface area contributed by atoms with Gasteiger partial charge in [0.15, 0.2) is 5.65 Å². The molecule has 226 valence electrons. The number of nitrogens with zero attached hydrogens (tertiary/aromatic N) is 4. The van der Waals surface area contributed by atoms with Crippen LogP contribution in [0.2, 0.25) is 5.02 Å². The molecular weight excluding hydrogens is 565 g/mol. The summed E-state index contributed by atoms with van der Waals surface area (Å²) in [6.07, 6.45) is 4.11. The average Bonchev–Trinajstić information content (AvgIpc) is 3.53. The smallest absolute Gasteiger partial charge is 0.417 e. The zero-order valence-electron chi connectivity index (χ0n) is 23.9. The van der Waals surface area contributed by atoms with Crippen molar-refractivity contribution in [1.82, 2.24) is 19.2 Å². The van der Waals surface area contributed by atoms with Crippen molar-refractivity contribution >= 4 is 23.2 Å². The Balaban J connectivity index is 1.16. The van der Waals surface area contributed by atoms with Gasteiger partial charge in [-0.05, 0) is 62.7 Å². The lowest BCUT2D eigenvalue weighted by atomic mass is 9.80. The first-order valence-electron chi connectivity index (χ1n) is 15.1. The molecule has 0 bridgehead atoms. The van der Waals surface area contributed by atoms with Crippen LogP contribution >= 0.6 is 11.6 Å². The minimum Gasteiger partial charge on any atom is -0.480 e. The van der Waals surface area contributed by atoms with Crippen molar-refractivity contribution < 1.29 is 23.1 Å². The standard InChI is InChI=1S/C32H38ClF3N4O2/c1-20-4-2-7-23(12-20)26-19-39(28(31(41)42)13-21-5-3-6-21)17-24(26)16-38-10-8-22(9-11-38)29-15-37-30-27(33)14-25(18-40(29)30)32(34,35)36/h2,4,7,12,14-15,18,21-22,24,26,28H,3,5-6,8-11,13,16-17,19H2,1H3,(H,41,42)/t24-,26+,28+/m0/s1. The summed E-state index contributed by atoms with van der Waals surface area (Å²) in [6.45, 7) is 6.12. The third kappa shape index (κ3) is 6.06. The summed E-state index contributed by atoms with van der Waals surface area (Å²) in [4.78, 5) is 21.4. The van der Waals surface area contributed by atoms with Gasteiger partial charge in [0, 0.05) is 49.6 Å². The third-order valence-electron chi connectivity index (χ3n) is 9.86. The predicted molar refractivity (Wildman–Crippen MR) is 156 cm³/mol. The second kappa shape index (κ2) is 11.8. The quantitative estimate of drug-likeness (QED) is 0.305. The van der Waals surface area contributed by atoms with Gasteiger partial charge >= 0.3 is 12.1 Å². The number of benzene rings is 1. The molecule has 42 heavy (non-hydrogen) atoms. The first-order chi connectivity index (χ1) is 20.1. The van der Waals surface area contributed by atoms with Crippen LogP contribution in [0, 0.1) is 18.8 Å². The molecule has 1 aromatic carbocycles. The molecule has 6 rings (SSSR count). The highest BCUT2D eigenvalue weighted by atomic mass is 35.5. The molecule has 0 spiro atoms. The minimum absolute atomic E-state index is 0.00142. The van der Waals surface area contributed by atoms with E-state index >= 15 is 0 Å². The number of carboxylic acids is 1. The second-order valence-electron chi connectivity index (χ2n) is 12.6. The van der Waals surface area contributed by atoms with Gasteiger partial charge in [-0.2, -0.15) is 13.2 Å². The number of imidazole rings is 1. The fourth-order valence-electron chi connectivity index (χ4n) is 7.34. The van der Waals surface area contributed by atoms with E-state index in [0.717, 1.165) is 82.8 Å². The van der Waals surface area contributed by atoms with Gasteiger partial charge in [0.2, 0.25) is 0 Å². The van der Waals surface area contributed by atoms with E-state index in [2.05, 4.69) is 46.0 Å². The van der Waals surface area contributed by atoms with Crippen molar-refractivity contribution in [1.29, 1.82) is 0 Å². The molecule has 2 aliphatic heterocycles. The summed E-state index contributed by atoms with van der Waals surface area (Å²) in [5.74, 6) is 0.446. The van der Waals surface area contributed by atoms with Gasteiger partial charge in [-0.3, -0.25) is 9.69 Å². The highest BCUT2D eigenvalue weighted by Gasteiger charge is 2.42. The van der Waals surface area contributed by atoms with Crippen molar-refractivity contribution in [3.05, 3.63) is 70.1 Å². The minimum atomic E-state index is -4.48. The van der Waals surface area contributed by atoms with E-state index < -0.39 is 23.8 Å². The van der Waals surface area contributed by atoms with E-state index in [0.29, 0.717) is 17.5 Å². The van der Waals surface area contributed by atoms with Gasteiger partial charge in [-0.1, -0.05) is 60.7 Å². The van der Waals surface area contributed by atoms with Crippen molar-refractivity contribution in [2.45, 2.75) is 69.5 Å². The van der Waals surface area contributed by atoms with Crippen LogP contribution in [-0.4, -0.2) is 69.0 Å². The van der Waals surface area contributed by atoms with Crippen molar-refractivity contribution in [2.24, 2.45) is 11.8 Å². The van der Waals surface area contributed by atoms with Gasteiger partial charge in [0.1, 0.15) is 6.04 Å². The van der Waals surface area contributed by atoms with Crippen LogP contribution in [0.25, 0.3) is 5.65 Å². The molecule has 1 N–H and O–H groups in total. The lowest BCUT2D eigenvalue weighted by molar-refractivity contribution is -0.144. The number of hydrogen-bond donors (Lipinski definition) is 1. The highest BCUT2D eigenvalue weighted by molar-refractivity contribution is 6.33. The molecule has 3 aromatic rings. The van der Waals surface area contributed by atoms with Gasteiger partial charge in [-0.25, -0.2) is 4.98 Å². The summed E-state index contributed by atoms with van der Waals surface area (Å²) in [5.41, 5.74) is 2.82. The monoisotopic (exact) mass is 602 g/mol. The number of piperidine rings is 1. The Morgan fingerprint density at radius 3 is 2.55 bits per heavy atom. The third-order valence-corrected chi connectivity index (χ3v) is 10.1. The summed E-state index contributed by atoms with van der Waals surface area (Å²) in [6, 6.07) is 9.09. The molecule has 0 radical (unpaired) electrons. The highest BCUT2D eigenvalue weighted by Crippen LogP contribution is 2.40. The molecule has 1 saturated carbocycles. The number of carboxylic acid groups (broad SMARTS) is 1. The number of pyridine rings is 1. The summed E-state index contributed by atoms with van der Waals surface area (Å²) in [5, 5.41) is 10.2. The first-order valence-corrected chi connectivity index (χ1v) is 15.4. The van der Waals surface area contributed by atoms with Crippen molar-refractivity contribution in [3.8, 4) is 0 Å². The van der Waals surface area contributed by atoms with Crippen LogP contribution in [0.4, 0.5) is 13.2 Å². The van der Waals surface area contributed by atoms with Crippen LogP contribution in [0.3, 0.4) is 0 Å². The normalized spacial score (nSPS) is 23.8. The molecule has 0 amide bonds. The van der Waals surface area contributed by atoms with Gasteiger partial charge in [-0.15, -0.1) is 0 Å². The summed E-state index contributed by atoms with van der Waals surface area (Å²) in [7, 11) is 0. The maximum atomic E-state index is 13.5. The predicted octanol–water partition coefficient (Wildman–Crippen LogP) is 6.85. The SMILES string of the molecule is Cc1cccc([C@H]2CN([C@H](CC3CCC3)C(=O)O)C[C@@H]2CN2CCC(c3cnc4c(Cl)cc(C(F)(F)F)cn34)CC2)c1. The van der Waals surface area contributed by atoms with Crippen LogP contribution in [-0.2, 0) is 11.0 Å². The number of hydrogen-bond acceptors (Lipinski definition) is 4. The Kier molecular flexibility index (Phi) is 8.28. The van der Waals surface area contributed by atoms with Crippen LogP contribution in [0.5, 0.6) is 0 Å². The fourth-order valence-corrected chi connectivity index (χ4v) is 7.59. The molecule has 6 nitrogen and oxygen atoms in total. The Bertz CT molecular complexity index is 1430. The van der Waals surface area contributed by atoms with Gasteiger partial charge in [0.05, 0.1) is 10.6 Å². The Hall–Kier alpha value is -2.62. The molecule has 2 aromatic heterocycles. The number of aryl methyl sites for hydroxylation is 1. The lowest BCUT2D eigenvalue weighted by Gasteiger charge is -2.35. The van der Waals surface area contributed by atoms with Crippen molar-refractivity contribution in [2.75, 3.05) is 32.7 Å². The number of fused-ring (bicyclic) bond motifs is 1. The number of halogens is 4. The van der Waals surface area contributed by atoms with Crippen LogP contribution in [0.1, 0.15) is 72.7 Å². The number of carbonyl (C=O) groups is 1. The Labute approximate surface area is 249 Å². The Morgan fingerprint density at radius 2 is 1.90 bits per heavy atom. The fraction of sp³-hybridized carbons (Fsp3) is 0.562. The molecule has 1 aliphatic carbocycles. The molecule has 3 aliphatic rings. The molecule has 4 heterocycles. The van der Waals surface area contributed by atoms with E-state index in [1.807, 2.05) is 0 Å². The van der Waals surface area contributed by atoms with E-state index in [1.54, 1.807) is 6.20 Å². The molecule has 3 fully saturated rings. The van der Waals surface area contributed by atoms with Crippen LogP contribution in [0.15, 0.2) is 42.7 Å². The number of aliphatic carboxylic acids is 1. The molecule has 2 saturated heterocycles. The van der Waals surface area contributed by atoms with E-state index in [-0.39, 0.29) is 16.9 Å². The average molecular weight is 603 g/mol. The zero-order valence-corrected chi connectivity index (χ0v) is 24.6. The van der Waals surface area contributed by atoms with Crippen LogP contribution < -0.4 is 0 Å². The topological polar surface area (TPSA) is 61.1 Å². The molecular formula is C32H38ClF3N4O2. The maximum absolute atomic E-state index is 13.5. The largest absolute Gasteiger partial charge is 0.480 e. The molecule has 10 heteroatoms. The summed E-state index contributed by atoms with van der Waals surface area (Å²) >= 11 is 6.17. The van der Waals surface area contributed by atoms with Gasteiger partial charge in [0.25, 0.3) is 0 Å². The van der Waals surface area contributed by atoms with E-state index in [1.165, 1.54) is 21.9 Å². The second-order valence-corrected chi connectivity index (χ2v) is 13.1. The van der Waals surface area contributed by atoms with Crippen molar-refractivity contribution in [3.63, 3.8) is 0 Å².